The van der Waals surface area contributed by atoms with Gasteiger partial charge in [0.1, 0.15) is 0 Å². The van der Waals surface area contributed by atoms with Crippen LogP contribution in [0.4, 0.5) is 22.7 Å². The van der Waals surface area contributed by atoms with Gasteiger partial charge in [-0.3, -0.25) is 9.97 Å². The van der Waals surface area contributed by atoms with E-state index in [9.17, 15) is 0 Å². The molecular formula is C56H54N4. The molecule has 0 aliphatic carbocycles. The highest BCUT2D eigenvalue weighted by molar-refractivity contribution is 5.88. The average Bonchev–Trinajstić information content (AvgIpc) is 3.26. The van der Waals surface area contributed by atoms with Crippen molar-refractivity contribution in [2.24, 2.45) is 5.41 Å². The van der Waals surface area contributed by atoms with E-state index in [-0.39, 0.29) is 16.2 Å². The number of anilines is 4. The van der Waals surface area contributed by atoms with Crippen LogP contribution in [0.25, 0.3) is 22.3 Å². The monoisotopic (exact) mass is 782 g/mol. The van der Waals surface area contributed by atoms with Crippen LogP contribution < -0.4 is 9.80 Å². The average molecular weight is 783 g/mol. The first-order valence-corrected chi connectivity index (χ1v) is 21.2. The van der Waals surface area contributed by atoms with Crippen molar-refractivity contribution >= 4 is 22.7 Å². The summed E-state index contributed by atoms with van der Waals surface area (Å²) in [6, 6.07) is 52.7. The minimum absolute atomic E-state index is 0.352. The van der Waals surface area contributed by atoms with Gasteiger partial charge in [0.05, 0.1) is 39.8 Å². The predicted molar refractivity (Wildman–Crippen MR) is 251 cm³/mol. The van der Waals surface area contributed by atoms with E-state index >= 15 is 0 Å². The summed E-state index contributed by atoms with van der Waals surface area (Å²) in [7, 11) is 0. The Morgan fingerprint density at radius 1 is 0.550 bits per heavy atom. The van der Waals surface area contributed by atoms with Crippen LogP contribution in [0.2, 0.25) is 0 Å². The summed E-state index contributed by atoms with van der Waals surface area (Å²) in [5.41, 5.74) is 18.4. The van der Waals surface area contributed by atoms with Gasteiger partial charge >= 0.3 is 0 Å². The van der Waals surface area contributed by atoms with Gasteiger partial charge in [-0.1, -0.05) is 117 Å². The van der Waals surface area contributed by atoms with Crippen LogP contribution in [-0.2, 0) is 17.3 Å². The third-order valence-corrected chi connectivity index (χ3v) is 13.2. The first-order chi connectivity index (χ1) is 28.8. The molecule has 2 aliphatic heterocycles. The number of hydrogen-bond acceptors (Lipinski definition) is 4. The molecule has 2 aromatic heterocycles. The Labute approximate surface area is 356 Å². The second-order valence-electron chi connectivity index (χ2n) is 18.3. The lowest BCUT2D eigenvalue weighted by atomic mass is 9.73. The van der Waals surface area contributed by atoms with Gasteiger partial charge in [-0.2, -0.15) is 0 Å². The normalized spacial score (nSPS) is 15.3. The third-order valence-electron chi connectivity index (χ3n) is 13.2. The van der Waals surface area contributed by atoms with Crippen molar-refractivity contribution < 1.29 is 0 Å². The summed E-state index contributed by atoms with van der Waals surface area (Å²) in [4.78, 5) is 15.3. The maximum absolute atomic E-state index is 5.19. The number of allylic oxidation sites excluding steroid dienone is 2. The van der Waals surface area contributed by atoms with Crippen molar-refractivity contribution in [2.75, 3.05) is 9.80 Å². The molecule has 4 nitrogen and oxygen atoms in total. The van der Waals surface area contributed by atoms with Crippen LogP contribution in [-0.4, -0.2) is 9.97 Å². The number of benzene rings is 5. The third kappa shape index (κ3) is 6.37. The van der Waals surface area contributed by atoms with E-state index in [1.54, 1.807) is 0 Å². The zero-order valence-corrected chi connectivity index (χ0v) is 36.2. The molecule has 0 radical (unpaired) electrons. The molecule has 9 rings (SSSR count). The summed E-state index contributed by atoms with van der Waals surface area (Å²) in [5, 5.41) is 0. The maximum atomic E-state index is 5.19. The van der Waals surface area contributed by atoms with Gasteiger partial charge in [-0.25, -0.2) is 0 Å². The fourth-order valence-electron chi connectivity index (χ4n) is 9.65. The molecule has 298 valence electrons. The molecule has 0 unspecified atom stereocenters. The van der Waals surface area contributed by atoms with Crippen LogP contribution in [0, 0.1) is 12.3 Å². The van der Waals surface area contributed by atoms with Gasteiger partial charge in [-0.05, 0) is 152 Å². The fraction of sp³-hybridized carbons (Fsp3) is 0.214. The highest BCUT2D eigenvalue weighted by Gasteiger charge is 2.44. The molecule has 4 heteroatoms. The lowest BCUT2D eigenvalue weighted by molar-refractivity contribution is 0.447. The number of aryl methyl sites for hydroxylation is 1. The smallest absolute Gasteiger partial charge is 0.0744 e. The summed E-state index contributed by atoms with van der Waals surface area (Å²) in [6.07, 6.45) is 4.70. The van der Waals surface area contributed by atoms with Crippen LogP contribution in [0.3, 0.4) is 0 Å². The molecule has 7 aromatic rings. The first-order valence-electron chi connectivity index (χ1n) is 21.2. The van der Waals surface area contributed by atoms with Crippen LogP contribution >= 0.6 is 0 Å². The Bertz CT molecular complexity index is 2810. The summed E-state index contributed by atoms with van der Waals surface area (Å²) in [6.45, 7) is 23.6. The molecule has 2 aliphatic rings. The van der Waals surface area contributed by atoms with Crippen LogP contribution in [0.1, 0.15) is 82.1 Å². The maximum Gasteiger partial charge on any atom is 0.0744 e. The van der Waals surface area contributed by atoms with Crippen molar-refractivity contribution in [3.8, 4) is 22.3 Å². The second-order valence-corrected chi connectivity index (χ2v) is 18.3. The van der Waals surface area contributed by atoms with Crippen LogP contribution in [0.5, 0.6) is 0 Å². The zero-order chi connectivity index (χ0) is 42.0. The highest BCUT2D eigenvalue weighted by atomic mass is 15.2. The Balaban J connectivity index is 1.34. The Kier molecular flexibility index (Phi) is 9.51. The van der Waals surface area contributed by atoms with Gasteiger partial charge in [0.25, 0.3) is 0 Å². The molecule has 0 spiro atoms. The molecule has 60 heavy (non-hydrogen) atoms. The minimum Gasteiger partial charge on any atom is -0.310 e. The molecular weight excluding hydrogens is 729 g/mol. The Morgan fingerprint density at radius 2 is 1.02 bits per heavy atom. The number of aromatic nitrogens is 2. The van der Waals surface area contributed by atoms with E-state index in [4.69, 9.17) is 16.5 Å². The van der Waals surface area contributed by atoms with Crippen LogP contribution in [0.15, 0.2) is 182 Å². The van der Waals surface area contributed by atoms with Gasteiger partial charge in [0.2, 0.25) is 0 Å². The van der Waals surface area contributed by atoms with E-state index in [0.717, 1.165) is 57.5 Å². The minimum atomic E-state index is -0.379. The lowest BCUT2D eigenvalue weighted by Gasteiger charge is -2.47. The standard InChI is InChI=1S/C56H54N4/c1-37-20-16-17-25-44(37)36-54(4,5)38(2)51(60-48-31-29-43(41-23-14-11-15-24-41)35-46(48)56(8,9)53-50(60)27-19-33-58-53)39(3)59-47-30-28-42(40-21-12-10-13-22-40)34-45(47)55(6,7)52-49(59)26-18-32-57-52/h10-35H,2,36H2,1,3-9H3. The molecule has 0 amide bonds. The Hall–Kier alpha value is -6.52. The molecule has 0 saturated carbocycles. The number of rotatable bonds is 8. The van der Waals surface area contributed by atoms with E-state index in [1.165, 1.54) is 44.5 Å². The van der Waals surface area contributed by atoms with E-state index in [2.05, 4.69) is 211 Å². The molecule has 0 N–H and O–H groups in total. The number of nitrogens with zero attached hydrogens (tertiary/aromatic N) is 4. The summed E-state index contributed by atoms with van der Waals surface area (Å²) >= 11 is 0. The molecule has 4 heterocycles. The van der Waals surface area contributed by atoms with E-state index < -0.39 is 0 Å². The molecule has 0 atom stereocenters. The molecule has 0 saturated heterocycles. The summed E-state index contributed by atoms with van der Waals surface area (Å²) in [5.74, 6) is 0. The highest BCUT2D eigenvalue weighted by Crippen LogP contribution is 2.56. The van der Waals surface area contributed by atoms with Crippen molar-refractivity contribution in [2.45, 2.75) is 72.6 Å². The molecule has 0 bridgehead atoms. The first kappa shape index (κ1) is 39.0. The topological polar surface area (TPSA) is 32.3 Å². The second kappa shape index (κ2) is 14.6. The van der Waals surface area contributed by atoms with Gasteiger partial charge in [0, 0.05) is 28.9 Å². The van der Waals surface area contributed by atoms with Crippen molar-refractivity contribution in [3.63, 3.8) is 0 Å². The molecule has 5 aromatic carbocycles. The van der Waals surface area contributed by atoms with Gasteiger partial charge in [-0.15, -0.1) is 0 Å². The number of hydrogen-bond donors (Lipinski definition) is 0. The van der Waals surface area contributed by atoms with E-state index in [0.29, 0.717) is 0 Å². The van der Waals surface area contributed by atoms with Crippen molar-refractivity contribution in [1.29, 1.82) is 0 Å². The largest absolute Gasteiger partial charge is 0.310 e. The lowest BCUT2D eigenvalue weighted by Crippen LogP contribution is -2.39. The quantitative estimate of drug-likeness (QED) is 0.144. The molecule has 0 fully saturated rings. The number of pyridine rings is 2. The number of fused-ring (bicyclic) bond motifs is 4. The predicted octanol–water partition coefficient (Wildman–Crippen LogP) is 14.4. The zero-order valence-electron chi connectivity index (χ0n) is 36.2. The SMILES string of the molecule is C=C(C(=C(C)N1c2ccc(-c3ccccc3)cc2C(C)(C)c2ncccc21)N1c2ccc(-c3ccccc3)cc2C(C)(C)c2ncccc21)C(C)(C)Cc1ccccc1C. The van der Waals surface area contributed by atoms with Gasteiger partial charge in [0.15, 0.2) is 0 Å². The summed E-state index contributed by atoms with van der Waals surface area (Å²) < 4.78 is 0. The van der Waals surface area contributed by atoms with Crippen molar-refractivity contribution in [3.05, 3.63) is 215 Å². The van der Waals surface area contributed by atoms with Crippen molar-refractivity contribution in [1.82, 2.24) is 9.97 Å². The van der Waals surface area contributed by atoms with E-state index in [1.807, 2.05) is 12.4 Å². The van der Waals surface area contributed by atoms with Gasteiger partial charge < -0.3 is 9.80 Å². The Morgan fingerprint density at radius 3 is 1.53 bits per heavy atom. The fourth-order valence-corrected chi connectivity index (χ4v) is 9.65.